The van der Waals surface area contributed by atoms with Gasteiger partial charge in [-0.05, 0) is 36.6 Å². The smallest absolute Gasteiger partial charge is 0.408 e. The molecule has 3 rings (SSSR count). The van der Waals surface area contributed by atoms with Gasteiger partial charge in [0.1, 0.15) is 18.5 Å². The van der Waals surface area contributed by atoms with Gasteiger partial charge in [-0.1, -0.05) is 54.1 Å². The Bertz CT molecular complexity index is 1100. The Hall–Kier alpha value is -3.58. The van der Waals surface area contributed by atoms with Crippen molar-refractivity contribution >= 4 is 29.1 Å². The van der Waals surface area contributed by atoms with Crippen molar-refractivity contribution in [3.63, 3.8) is 0 Å². The number of nitrogens with zero attached hydrogens (tertiary/aromatic N) is 2. The first kappa shape index (κ1) is 23.1. The Morgan fingerprint density at radius 1 is 1.06 bits per heavy atom. The predicted octanol–water partition coefficient (Wildman–Crippen LogP) is 4.98. The van der Waals surface area contributed by atoms with E-state index in [1.165, 1.54) is 6.33 Å². The number of benzene rings is 2. The number of halogens is 1. The lowest BCUT2D eigenvalue weighted by Crippen LogP contribution is -2.45. The molecule has 2 aromatic carbocycles. The normalized spacial score (nSPS) is 12.5. The lowest BCUT2D eigenvalue weighted by Gasteiger charge is -2.21. The van der Waals surface area contributed by atoms with Gasteiger partial charge in [-0.15, -0.1) is 0 Å². The van der Waals surface area contributed by atoms with Crippen LogP contribution in [0.15, 0.2) is 67.3 Å². The molecule has 1 heterocycles. The van der Waals surface area contributed by atoms with Crippen molar-refractivity contribution < 1.29 is 9.53 Å². The van der Waals surface area contributed by atoms with Crippen LogP contribution in [-0.2, 0) is 11.2 Å². The van der Waals surface area contributed by atoms with Gasteiger partial charge in [0.15, 0.2) is 0 Å². The molecule has 1 amide bonds. The number of amides is 1. The summed E-state index contributed by atoms with van der Waals surface area (Å²) in [4.78, 5) is 20.5. The van der Waals surface area contributed by atoms with Gasteiger partial charge in [0, 0.05) is 35.1 Å². The van der Waals surface area contributed by atoms with E-state index in [-0.39, 0.29) is 11.4 Å². The molecular formula is C24H24ClN5O2. The third-order valence-corrected chi connectivity index (χ3v) is 5.24. The minimum atomic E-state index is -0.908. The molecule has 7 nitrogen and oxygen atoms in total. The van der Waals surface area contributed by atoms with Crippen molar-refractivity contribution in [3.8, 4) is 0 Å². The monoisotopic (exact) mass is 449 g/mol. The fraction of sp³-hybridized carbons (Fsp3) is 0.208. The first-order chi connectivity index (χ1) is 15.3. The highest BCUT2D eigenvalue weighted by atomic mass is 35.5. The molecule has 0 saturated carbocycles. The van der Waals surface area contributed by atoms with Gasteiger partial charge >= 0.3 is 6.09 Å². The lowest BCUT2D eigenvalue weighted by atomic mass is 9.98. The molecule has 3 aromatic rings. The van der Waals surface area contributed by atoms with Crippen molar-refractivity contribution in [2.45, 2.75) is 32.4 Å². The number of carbonyl (C=O) groups excluding carboxylic acids is 1. The van der Waals surface area contributed by atoms with E-state index in [1.54, 1.807) is 56.6 Å². The third-order valence-electron chi connectivity index (χ3n) is 4.90. The second-order valence-corrected chi connectivity index (χ2v) is 7.77. The average Bonchev–Trinajstić information content (AvgIpc) is 2.78. The summed E-state index contributed by atoms with van der Waals surface area (Å²) in [5.74, 6) is 0. The Morgan fingerprint density at radius 3 is 2.34 bits per heavy atom. The van der Waals surface area contributed by atoms with Crippen molar-refractivity contribution in [2.24, 2.45) is 0 Å². The van der Waals surface area contributed by atoms with Gasteiger partial charge in [-0.2, -0.15) is 0 Å². The highest BCUT2D eigenvalue weighted by Gasteiger charge is 2.23. The van der Waals surface area contributed by atoms with Crippen molar-refractivity contribution in [1.82, 2.24) is 15.3 Å². The zero-order chi connectivity index (χ0) is 23.1. The number of carbonyl (C=O) groups is 1. The maximum absolute atomic E-state index is 12.5. The minimum absolute atomic E-state index is 0.106. The van der Waals surface area contributed by atoms with E-state index in [4.69, 9.17) is 27.2 Å². The molecule has 0 radical (unpaired) electrons. The SMILES string of the molecule is CC(=N)C(NC(=O)OC(C)c1ccccc1Cl)C(=N)c1ccc(Cc2cncnc2)cc1. The quantitative estimate of drug-likeness (QED) is 0.421. The molecule has 8 heteroatoms. The summed E-state index contributed by atoms with van der Waals surface area (Å²) in [5.41, 5.74) is 3.55. The van der Waals surface area contributed by atoms with Crippen LogP contribution in [0.5, 0.6) is 0 Å². The summed E-state index contributed by atoms with van der Waals surface area (Å²) in [6.07, 6.45) is 4.38. The fourth-order valence-electron chi connectivity index (χ4n) is 3.20. The first-order valence-electron chi connectivity index (χ1n) is 10.0. The zero-order valence-corrected chi connectivity index (χ0v) is 18.6. The average molecular weight is 450 g/mol. The largest absolute Gasteiger partial charge is 0.442 e. The third kappa shape index (κ3) is 5.98. The molecule has 164 valence electrons. The summed E-state index contributed by atoms with van der Waals surface area (Å²) in [5, 5.41) is 19.7. The predicted molar refractivity (Wildman–Crippen MR) is 125 cm³/mol. The minimum Gasteiger partial charge on any atom is -0.442 e. The molecule has 0 aliphatic carbocycles. The molecule has 0 bridgehead atoms. The summed E-state index contributed by atoms with van der Waals surface area (Å²) in [6, 6.07) is 13.6. The van der Waals surface area contributed by atoms with E-state index < -0.39 is 18.2 Å². The topological polar surface area (TPSA) is 112 Å². The Kier molecular flexibility index (Phi) is 7.68. The number of ether oxygens (including phenoxy) is 1. The van der Waals surface area contributed by atoms with Crippen LogP contribution in [0, 0.1) is 10.8 Å². The summed E-state index contributed by atoms with van der Waals surface area (Å²) >= 11 is 6.17. The second kappa shape index (κ2) is 10.6. The highest BCUT2D eigenvalue weighted by Crippen LogP contribution is 2.25. The number of aromatic nitrogens is 2. The van der Waals surface area contributed by atoms with Crippen LogP contribution in [0.1, 0.15) is 42.2 Å². The number of hydrogen-bond donors (Lipinski definition) is 3. The Labute approximate surface area is 191 Å². The molecule has 0 saturated heterocycles. The molecule has 0 fully saturated rings. The van der Waals surface area contributed by atoms with Crippen molar-refractivity contribution in [2.75, 3.05) is 0 Å². The molecule has 2 atom stereocenters. The Balaban J connectivity index is 1.65. The van der Waals surface area contributed by atoms with Crippen molar-refractivity contribution in [3.05, 3.63) is 94.5 Å². The second-order valence-electron chi connectivity index (χ2n) is 7.36. The molecule has 32 heavy (non-hydrogen) atoms. The molecular weight excluding hydrogens is 426 g/mol. The highest BCUT2D eigenvalue weighted by molar-refractivity contribution is 6.31. The van der Waals surface area contributed by atoms with Gasteiger partial charge in [-0.3, -0.25) is 0 Å². The van der Waals surface area contributed by atoms with Crippen LogP contribution in [0.2, 0.25) is 5.02 Å². The van der Waals surface area contributed by atoms with Gasteiger partial charge in [0.25, 0.3) is 0 Å². The van der Waals surface area contributed by atoms with Gasteiger partial charge in [0.2, 0.25) is 0 Å². The molecule has 2 unspecified atom stereocenters. The maximum atomic E-state index is 12.5. The van der Waals surface area contributed by atoms with E-state index >= 15 is 0 Å². The zero-order valence-electron chi connectivity index (χ0n) is 17.8. The molecule has 0 aliphatic heterocycles. The number of alkyl carbamates (subject to hydrolysis) is 1. The maximum Gasteiger partial charge on any atom is 0.408 e. The number of rotatable bonds is 8. The van der Waals surface area contributed by atoms with Crippen LogP contribution in [0.4, 0.5) is 4.79 Å². The standard InChI is InChI=1S/C24H24ClN5O2/c1-15(26)23(30-24(31)32-16(2)20-5-3-4-6-21(20)25)22(27)19-9-7-17(8-10-19)11-18-12-28-14-29-13-18/h3-10,12-14,16,23,26-27H,11H2,1-2H3,(H,30,31). The fourth-order valence-corrected chi connectivity index (χ4v) is 3.49. The summed E-state index contributed by atoms with van der Waals surface area (Å²) in [7, 11) is 0. The van der Waals surface area contributed by atoms with Crippen LogP contribution >= 0.6 is 11.6 Å². The van der Waals surface area contributed by atoms with E-state index in [9.17, 15) is 4.79 Å². The van der Waals surface area contributed by atoms with E-state index in [0.717, 1.165) is 11.1 Å². The molecule has 0 spiro atoms. The van der Waals surface area contributed by atoms with Gasteiger partial charge < -0.3 is 20.9 Å². The Morgan fingerprint density at radius 2 is 1.72 bits per heavy atom. The van der Waals surface area contributed by atoms with E-state index in [0.29, 0.717) is 22.6 Å². The van der Waals surface area contributed by atoms with Crippen LogP contribution in [-0.4, -0.2) is 33.5 Å². The number of nitrogens with one attached hydrogen (secondary N) is 3. The van der Waals surface area contributed by atoms with Gasteiger partial charge in [0.05, 0.1) is 5.71 Å². The first-order valence-corrected chi connectivity index (χ1v) is 10.4. The van der Waals surface area contributed by atoms with E-state index in [2.05, 4.69) is 15.3 Å². The van der Waals surface area contributed by atoms with Crippen LogP contribution < -0.4 is 5.32 Å². The van der Waals surface area contributed by atoms with Crippen molar-refractivity contribution in [1.29, 1.82) is 10.8 Å². The van der Waals surface area contributed by atoms with E-state index in [1.807, 2.05) is 18.2 Å². The molecule has 0 aliphatic rings. The number of hydrogen-bond acceptors (Lipinski definition) is 6. The summed E-state index contributed by atoms with van der Waals surface area (Å²) < 4.78 is 5.43. The molecule has 1 aromatic heterocycles. The lowest BCUT2D eigenvalue weighted by molar-refractivity contribution is 0.107. The molecule has 3 N–H and O–H groups in total. The summed E-state index contributed by atoms with van der Waals surface area (Å²) in [6.45, 7) is 3.26. The van der Waals surface area contributed by atoms with Crippen LogP contribution in [0.3, 0.4) is 0 Å². The van der Waals surface area contributed by atoms with Crippen LogP contribution in [0.25, 0.3) is 0 Å². The van der Waals surface area contributed by atoms with Gasteiger partial charge in [-0.25, -0.2) is 14.8 Å².